The van der Waals surface area contributed by atoms with Gasteiger partial charge in [-0.25, -0.2) is 9.78 Å². The first-order chi connectivity index (χ1) is 13.8. The monoisotopic (exact) mass is 424 g/mol. The van der Waals surface area contributed by atoms with Crippen LogP contribution in [0, 0.1) is 6.92 Å². The number of piperazine rings is 1. The van der Waals surface area contributed by atoms with Gasteiger partial charge < -0.3 is 20.3 Å². The lowest BCUT2D eigenvalue weighted by atomic mass is 10.2. The number of rotatable bonds is 7. The van der Waals surface area contributed by atoms with E-state index in [4.69, 9.17) is 4.74 Å². The number of ether oxygens (including phenoxy) is 1. The zero-order chi connectivity index (χ0) is 21.3. The number of aliphatic imine (C=N–C) groups is 1. The van der Waals surface area contributed by atoms with Gasteiger partial charge in [-0.2, -0.15) is 0 Å². The summed E-state index contributed by atoms with van der Waals surface area (Å²) < 4.78 is 5.45. The highest BCUT2D eigenvalue weighted by molar-refractivity contribution is 7.09. The van der Waals surface area contributed by atoms with Gasteiger partial charge in [0.25, 0.3) is 0 Å². The number of aryl methyl sites for hydroxylation is 1. The highest BCUT2D eigenvalue weighted by atomic mass is 32.1. The fourth-order valence-electron chi connectivity index (χ4n) is 2.96. The Balaban J connectivity index is 1.69. The average molecular weight is 425 g/mol. The summed E-state index contributed by atoms with van der Waals surface area (Å²) in [6.45, 7) is 16.1. The van der Waals surface area contributed by atoms with E-state index < -0.39 is 5.60 Å². The second-order valence-electron chi connectivity index (χ2n) is 8.10. The number of nitrogens with one attached hydrogen (secondary N) is 2. The molecule has 1 aliphatic heterocycles. The SMILES string of the molecule is CCNC(=NCCN1CCN(C(=O)OC(C)(C)C)CC1)NCCc1csc(C)n1. The van der Waals surface area contributed by atoms with Crippen molar-refractivity contribution in [3.63, 3.8) is 0 Å². The second-order valence-corrected chi connectivity index (χ2v) is 9.17. The summed E-state index contributed by atoms with van der Waals surface area (Å²) in [6, 6.07) is 0. The largest absolute Gasteiger partial charge is 0.444 e. The lowest BCUT2D eigenvalue weighted by molar-refractivity contribution is 0.0148. The topological polar surface area (TPSA) is 82.1 Å². The average Bonchev–Trinajstić information content (AvgIpc) is 3.06. The van der Waals surface area contributed by atoms with Gasteiger partial charge >= 0.3 is 6.09 Å². The Kier molecular flexibility index (Phi) is 9.16. The van der Waals surface area contributed by atoms with E-state index in [1.54, 1.807) is 16.2 Å². The standard InChI is InChI=1S/C20H36N6O2S/c1-6-21-18(22-8-7-17-15-29-16(2)24-17)23-9-10-25-11-13-26(14-12-25)19(27)28-20(3,4)5/h15H,6-14H2,1-5H3,(H2,21,22,23). The van der Waals surface area contributed by atoms with Crippen LogP contribution in [0.5, 0.6) is 0 Å². The molecule has 1 fully saturated rings. The minimum atomic E-state index is -0.447. The van der Waals surface area contributed by atoms with Gasteiger partial charge in [0.15, 0.2) is 5.96 Å². The van der Waals surface area contributed by atoms with Crippen molar-refractivity contribution in [3.8, 4) is 0 Å². The maximum Gasteiger partial charge on any atom is 0.410 e. The second kappa shape index (κ2) is 11.3. The molecule has 9 heteroatoms. The highest BCUT2D eigenvalue weighted by Gasteiger charge is 2.25. The number of thiazole rings is 1. The Hall–Kier alpha value is -1.87. The smallest absolute Gasteiger partial charge is 0.410 e. The molecule has 1 aromatic rings. The molecule has 0 aromatic carbocycles. The Morgan fingerprint density at radius 3 is 2.59 bits per heavy atom. The van der Waals surface area contributed by atoms with Crippen LogP contribution in [0.2, 0.25) is 0 Å². The molecule has 0 atom stereocenters. The van der Waals surface area contributed by atoms with Crippen molar-refractivity contribution in [3.05, 3.63) is 16.1 Å². The third-order valence-electron chi connectivity index (χ3n) is 4.39. The minimum absolute atomic E-state index is 0.218. The first-order valence-electron chi connectivity index (χ1n) is 10.4. The van der Waals surface area contributed by atoms with Crippen LogP contribution in [0.25, 0.3) is 0 Å². The molecule has 0 spiro atoms. The zero-order valence-electron chi connectivity index (χ0n) is 18.5. The number of amides is 1. The van der Waals surface area contributed by atoms with Gasteiger partial charge in [0.2, 0.25) is 0 Å². The molecule has 1 aromatic heterocycles. The Bertz CT molecular complexity index is 662. The van der Waals surface area contributed by atoms with Gasteiger partial charge in [0, 0.05) is 57.6 Å². The molecule has 0 unspecified atom stereocenters. The first-order valence-corrected chi connectivity index (χ1v) is 11.3. The summed E-state index contributed by atoms with van der Waals surface area (Å²) >= 11 is 1.68. The number of carbonyl (C=O) groups excluding carboxylic acids is 1. The van der Waals surface area contributed by atoms with Crippen molar-refractivity contribution in [2.75, 3.05) is 52.4 Å². The van der Waals surface area contributed by atoms with Crippen molar-refractivity contribution in [2.24, 2.45) is 4.99 Å². The molecule has 2 rings (SSSR count). The van der Waals surface area contributed by atoms with Crippen LogP contribution in [0.15, 0.2) is 10.4 Å². The van der Waals surface area contributed by atoms with Gasteiger partial charge in [-0.05, 0) is 34.6 Å². The van der Waals surface area contributed by atoms with Gasteiger partial charge in [0.05, 0.1) is 17.2 Å². The number of aromatic nitrogens is 1. The normalized spacial score (nSPS) is 16.0. The summed E-state index contributed by atoms with van der Waals surface area (Å²) in [7, 11) is 0. The Morgan fingerprint density at radius 1 is 1.28 bits per heavy atom. The maximum atomic E-state index is 12.1. The van der Waals surface area contributed by atoms with E-state index in [1.165, 1.54) is 0 Å². The quantitative estimate of drug-likeness (QED) is 0.515. The van der Waals surface area contributed by atoms with Crippen LogP contribution in [-0.2, 0) is 11.2 Å². The molecule has 0 bridgehead atoms. The van der Waals surface area contributed by atoms with Crippen LogP contribution in [-0.4, -0.2) is 84.8 Å². The summed E-state index contributed by atoms with van der Waals surface area (Å²) in [5.41, 5.74) is 0.676. The van der Waals surface area contributed by atoms with Crippen molar-refractivity contribution < 1.29 is 9.53 Å². The molecule has 1 aliphatic rings. The van der Waals surface area contributed by atoms with E-state index in [0.29, 0.717) is 13.1 Å². The first kappa shape index (κ1) is 23.4. The van der Waals surface area contributed by atoms with Crippen molar-refractivity contribution in [1.82, 2.24) is 25.4 Å². The third-order valence-corrected chi connectivity index (χ3v) is 5.22. The fraction of sp³-hybridized carbons (Fsp3) is 0.750. The van der Waals surface area contributed by atoms with E-state index in [-0.39, 0.29) is 6.09 Å². The molecule has 0 aliphatic carbocycles. The summed E-state index contributed by atoms with van der Waals surface area (Å²) in [5, 5.41) is 9.88. The van der Waals surface area contributed by atoms with Crippen molar-refractivity contribution >= 4 is 23.4 Å². The number of nitrogens with zero attached hydrogens (tertiary/aromatic N) is 4. The summed E-state index contributed by atoms with van der Waals surface area (Å²) in [5.74, 6) is 0.840. The number of hydrogen-bond acceptors (Lipinski definition) is 6. The molecule has 29 heavy (non-hydrogen) atoms. The predicted octanol–water partition coefficient (Wildman–Crippen LogP) is 2.10. The highest BCUT2D eigenvalue weighted by Crippen LogP contribution is 2.11. The number of hydrogen-bond donors (Lipinski definition) is 2. The maximum absolute atomic E-state index is 12.1. The molecule has 1 amide bonds. The summed E-state index contributed by atoms with van der Waals surface area (Å²) in [6.07, 6.45) is 0.672. The van der Waals surface area contributed by atoms with Gasteiger partial charge in [0.1, 0.15) is 5.60 Å². The van der Waals surface area contributed by atoms with Crippen LogP contribution in [0.3, 0.4) is 0 Å². The van der Waals surface area contributed by atoms with Crippen molar-refractivity contribution in [2.45, 2.75) is 46.6 Å². The molecule has 1 saturated heterocycles. The third kappa shape index (κ3) is 8.99. The summed E-state index contributed by atoms with van der Waals surface area (Å²) in [4.78, 5) is 25.4. The predicted molar refractivity (Wildman–Crippen MR) is 119 cm³/mol. The minimum Gasteiger partial charge on any atom is -0.444 e. The fourth-order valence-corrected chi connectivity index (χ4v) is 3.60. The molecule has 164 valence electrons. The Morgan fingerprint density at radius 2 is 2.00 bits per heavy atom. The number of guanidine groups is 1. The van der Waals surface area contributed by atoms with E-state index in [2.05, 4.69) is 37.8 Å². The Labute approximate surface area is 178 Å². The molecule has 8 nitrogen and oxygen atoms in total. The molecule has 0 saturated carbocycles. The zero-order valence-corrected chi connectivity index (χ0v) is 19.3. The van der Waals surface area contributed by atoms with E-state index in [0.717, 1.165) is 62.4 Å². The molecular weight excluding hydrogens is 388 g/mol. The van der Waals surface area contributed by atoms with Gasteiger partial charge in [-0.1, -0.05) is 0 Å². The lowest BCUT2D eigenvalue weighted by Gasteiger charge is -2.35. The van der Waals surface area contributed by atoms with Crippen LogP contribution in [0.1, 0.15) is 38.4 Å². The van der Waals surface area contributed by atoms with E-state index in [1.807, 2.05) is 27.7 Å². The van der Waals surface area contributed by atoms with Crippen LogP contribution >= 0.6 is 11.3 Å². The van der Waals surface area contributed by atoms with E-state index in [9.17, 15) is 4.79 Å². The molecule has 0 radical (unpaired) electrons. The molecule has 2 N–H and O–H groups in total. The molecule has 2 heterocycles. The van der Waals surface area contributed by atoms with Crippen molar-refractivity contribution in [1.29, 1.82) is 0 Å². The molecular formula is C20H36N6O2S. The van der Waals surface area contributed by atoms with E-state index >= 15 is 0 Å². The van der Waals surface area contributed by atoms with Crippen LogP contribution in [0.4, 0.5) is 4.79 Å². The number of carbonyl (C=O) groups is 1. The van der Waals surface area contributed by atoms with Gasteiger partial charge in [-0.3, -0.25) is 9.89 Å². The lowest BCUT2D eigenvalue weighted by Crippen LogP contribution is -2.50. The van der Waals surface area contributed by atoms with Crippen LogP contribution < -0.4 is 10.6 Å². The van der Waals surface area contributed by atoms with Gasteiger partial charge in [-0.15, -0.1) is 11.3 Å².